The number of aliphatic carboxylic acids is 1. The molecule has 2 rings (SSSR count). The molecule has 7 nitrogen and oxygen atoms in total. The van der Waals surface area contributed by atoms with Crippen molar-refractivity contribution in [1.82, 2.24) is 15.1 Å². The van der Waals surface area contributed by atoms with Crippen LogP contribution in [0.25, 0.3) is 0 Å². The van der Waals surface area contributed by atoms with E-state index in [9.17, 15) is 14.7 Å². The number of ether oxygens (including phenoxy) is 1. The summed E-state index contributed by atoms with van der Waals surface area (Å²) in [6, 6.07) is 0. The second kappa shape index (κ2) is 8.28. The zero-order valence-corrected chi connectivity index (χ0v) is 14.6. The van der Waals surface area contributed by atoms with Crippen LogP contribution in [0.4, 0.5) is 0 Å². The van der Waals surface area contributed by atoms with Crippen LogP contribution in [0.1, 0.15) is 42.7 Å². The van der Waals surface area contributed by atoms with Crippen molar-refractivity contribution in [3.05, 3.63) is 17.5 Å². The number of hydrogen-bond acceptors (Lipinski definition) is 4. The molecule has 1 aliphatic heterocycles. The Kier molecular flexibility index (Phi) is 6.36. The highest BCUT2D eigenvalue weighted by atomic mass is 16.5. The average molecular weight is 337 g/mol. The summed E-state index contributed by atoms with van der Waals surface area (Å²) in [6.07, 6.45) is 2.99. The van der Waals surface area contributed by atoms with Crippen molar-refractivity contribution < 1.29 is 19.4 Å². The molecule has 1 atom stereocenters. The van der Waals surface area contributed by atoms with Crippen molar-refractivity contribution in [3.63, 3.8) is 0 Å². The van der Waals surface area contributed by atoms with Gasteiger partial charge in [0.15, 0.2) is 0 Å². The zero-order chi connectivity index (χ0) is 17.7. The SMILES string of the molecule is Cc1c(C(=O)NCC(C(=O)O)C2CCOCC2)cnn1CC(C)C. The number of nitrogens with one attached hydrogen (secondary N) is 1. The lowest BCUT2D eigenvalue weighted by Gasteiger charge is -2.27. The third-order valence-electron chi connectivity index (χ3n) is 4.52. The summed E-state index contributed by atoms with van der Waals surface area (Å²) in [5.74, 6) is -1.23. The fraction of sp³-hybridized carbons (Fsp3) is 0.706. The zero-order valence-electron chi connectivity index (χ0n) is 14.6. The van der Waals surface area contributed by atoms with Gasteiger partial charge in [-0.25, -0.2) is 0 Å². The van der Waals surface area contributed by atoms with Gasteiger partial charge in [-0.1, -0.05) is 13.8 Å². The van der Waals surface area contributed by atoms with E-state index in [1.54, 1.807) is 6.20 Å². The molecule has 0 spiro atoms. The quantitative estimate of drug-likeness (QED) is 0.790. The van der Waals surface area contributed by atoms with Gasteiger partial charge in [0.2, 0.25) is 0 Å². The molecule has 2 N–H and O–H groups in total. The summed E-state index contributed by atoms with van der Waals surface area (Å²) < 4.78 is 7.10. The fourth-order valence-corrected chi connectivity index (χ4v) is 3.07. The van der Waals surface area contributed by atoms with Gasteiger partial charge >= 0.3 is 5.97 Å². The van der Waals surface area contributed by atoms with Crippen LogP contribution >= 0.6 is 0 Å². The fourth-order valence-electron chi connectivity index (χ4n) is 3.07. The monoisotopic (exact) mass is 337 g/mol. The van der Waals surface area contributed by atoms with Crippen molar-refractivity contribution >= 4 is 11.9 Å². The second-order valence-corrected chi connectivity index (χ2v) is 6.82. The maximum atomic E-state index is 12.4. The smallest absolute Gasteiger partial charge is 0.308 e. The molecule has 1 fully saturated rings. The lowest BCUT2D eigenvalue weighted by molar-refractivity contribution is -0.144. The molecule has 1 aromatic rings. The molecule has 24 heavy (non-hydrogen) atoms. The molecule has 0 radical (unpaired) electrons. The minimum Gasteiger partial charge on any atom is -0.481 e. The van der Waals surface area contributed by atoms with Crippen LogP contribution in [-0.2, 0) is 16.1 Å². The van der Waals surface area contributed by atoms with Crippen molar-refractivity contribution in [2.75, 3.05) is 19.8 Å². The predicted octanol–water partition coefficient (Wildman–Crippen LogP) is 1.70. The number of aromatic nitrogens is 2. The highest BCUT2D eigenvalue weighted by Crippen LogP contribution is 2.24. The first-order chi connectivity index (χ1) is 11.4. The molecule has 0 aliphatic carbocycles. The van der Waals surface area contributed by atoms with E-state index in [0.717, 1.165) is 25.1 Å². The van der Waals surface area contributed by atoms with Crippen LogP contribution in [0.2, 0.25) is 0 Å². The molecule has 1 aliphatic rings. The summed E-state index contributed by atoms with van der Waals surface area (Å²) in [7, 11) is 0. The number of hydrogen-bond donors (Lipinski definition) is 2. The average Bonchev–Trinajstić information content (AvgIpc) is 2.88. The molecule has 1 amide bonds. The van der Waals surface area contributed by atoms with Crippen LogP contribution in [0, 0.1) is 24.7 Å². The molecule has 7 heteroatoms. The number of carbonyl (C=O) groups excluding carboxylic acids is 1. The number of amides is 1. The molecule has 1 aromatic heterocycles. The maximum absolute atomic E-state index is 12.4. The molecule has 1 unspecified atom stereocenters. The van der Waals surface area contributed by atoms with Gasteiger partial charge in [-0.3, -0.25) is 14.3 Å². The van der Waals surface area contributed by atoms with Gasteiger partial charge in [0.25, 0.3) is 5.91 Å². The Hall–Kier alpha value is -1.89. The molecule has 1 saturated heterocycles. The first kappa shape index (κ1) is 18.4. The van der Waals surface area contributed by atoms with E-state index in [-0.39, 0.29) is 18.4 Å². The highest BCUT2D eigenvalue weighted by molar-refractivity contribution is 5.95. The Labute approximate surface area is 142 Å². The third-order valence-corrected chi connectivity index (χ3v) is 4.52. The summed E-state index contributed by atoms with van der Waals surface area (Å²) in [4.78, 5) is 23.9. The first-order valence-electron chi connectivity index (χ1n) is 8.51. The van der Waals surface area contributed by atoms with E-state index in [2.05, 4.69) is 24.3 Å². The summed E-state index contributed by atoms with van der Waals surface area (Å²) in [5.41, 5.74) is 1.31. The molecule has 0 aromatic carbocycles. The second-order valence-electron chi connectivity index (χ2n) is 6.82. The highest BCUT2D eigenvalue weighted by Gasteiger charge is 2.30. The Bertz CT molecular complexity index is 576. The number of rotatable bonds is 7. The predicted molar refractivity (Wildman–Crippen MR) is 88.8 cm³/mol. The lowest BCUT2D eigenvalue weighted by atomic mass is 9.86. The maximum Gasteiger partial charge on any atom is 0.308 e. The van der Waals surface area contributed by atoms with E-state index < -0.39 is 11.9 Å². The largest absolute Gasteiger partial charge is 0.481 e. The van der Waals surface area contributed by atoms with E-state index in [0.29, 0.717) is 24.7 Å². The van der Waals surface area contributed by atoms with Gasteiger partial charge in [-0.05, 0) is 31.6 Å². The van der Waals surface area contributed by atoms with Gasteiger partial charge in [-0.15, -0.1) is 0 Å². The summed E-state index contributed by atoms with van der Waals surface area (Å²) in [5, 5.41) is 16.5. The number of carboxylic acids is 1. The molecule has 0 saturated carbocycles. The van der Waals surface area contributed by atoms with Crippen LogP contribution < -0.4 is 5.32 Å². The van der Waals surface area contributed by atoms with Crippen LogP contribution in [-0.4, -0.2) is 46.5 Å². The Morgan fingerprint density at radius 2 is 2.08 bits per heavy atom. The van der Waals surface area contributed by atoms with Gasteiger partial charge in [0.05, 0.1) is 17.7 Å². The van der Waals surface area contributed by atoms with Crippen LogP contribution in [0.5, 0.6) is 0 Å². The van der Waals surface area contributed by atoms with E-state index >= 15 is 0 Å². The van der Waals surface area contributed by atoms with E-state index in [4.69, 9.17) is 4.74 Å². The van der Waals surface area contributed by atoms with Crippen molar-refractivity contribution in [2.24, 2.45) is 17.8 Å². The standard InChI is InChI=1S/C17H27N3O4/c1-11(2)10-20-12(3)14(9-19-20)16(21)18-8-15(17(22)23)13-4-6-24-7-5-13/h9,11,13,15H,4-8,10H2,1-3H3,(H,18,21)(H,22,23). The van der Waals surface area contributed by atoms with Gasteiger partial charge in [0.1, 0.15) is 0 Å². The summed E-state index contributed by atoms with van der Waals surface area (Å²) in [6.45, 7) is 8.09. The molecule has 0 bridgehead atoms. The molecular formula is C17H27N3O4. The topological polar surface area (TPSA) is 93.5 Å². The Morgan fingerprint density at radius 3 is 2.67 bits per heavy atom. The normalized spacial score (nSPS) is 17.0. The van der Waals surface area contributed by atoms with Gasteiger partial charge in [0, 0.05) is 32.0 Å². The lowest BCUT2D eigenvalue weighted by Crippen LogP contribution is -2.39. The van der Waals surface area contributed by atoms with Crippen molar-refractivity contribution in [2.45, 2.75) is 40.2 Å². The van der Waals surface area contributed by atoms with Crippen molar-refractivity contribution in [3.8, 4) is 0 Å². The minimum atomic E-state index is -0.866. The Morgan fingerprint density at radius 1 is 1.42 bits per heavy atom. The van der Waals surface area contributed by atoms with Crippen molar-refractivity contribution in [1.29, 1.82) is 0 Å². The molecule has 2 heterocycles. The number of nitrogens with zero attached hydrogens (tertiary/aromatic N) is 2. The van der Waals surface area contributed by atoms with Gasteiger partial charge < -0.3 is 15.2 Å². The van der Waals surface area contributed by atoms with Crippen LogP contribution in [0.3, 0.4) is 0 Å². The third kappa shape index (κ3) is 4.56. The van der Waals surface area contributed by atoms with Crippen LogP contribution in [0.15, 0.2) is 6.20 Å². The number of carbonyl (C=O) groups is 2. The van der Waals surface area contributed by atoms with E-state index in [1.165, 1.54) is 0 Å². The Balaban J connectivity index is 1.98. The minimum absolute atomic E-state index is 0.0429. The van der Waals surface area contributed by atoms with Gasteiger partial charge in [-0.2, -0.15) is 5.10 Å². The first-order valence-corrected chi connectivity index (χ1v) is 8.51. The van der Waals surface area contributed by atoms with E-state index in [1.807, 2.05) is 11.6 Å². The molecular weight excluding hydrogens is 310 g/mol. The summed E-state index contributed by atoms with van der Waals surface area (Å²) >= 11 is 0. The molecule has 134 valence electrons. The number of carboxylic acid groups (broad SMARTS) is 1.